The average Bonchev–Trinajstić information content (AvgIpc) is 2.49. The number of halogens is 2. The number of fused-ring (bicyclic) bond motifs is 3. The van der Waals surface area contributed by atoms with Crippen LogP contribution in [0, 0.1) is 17.3 Å². The molecule has 0 atom stereocenters. The van der Waals surface area contributed by atoms with Gasteiger partial charge in [0.25, 0.3) is 5.97 Å². The quantitative estimate of drug-likeness (QED) is 0.640. The van der Waals surface area contributed by atoms with Crippen molar-refractivity contribution in [3.8, 4) is 0 Å². The molecule has 21 heavy (non-hydrogen) atoms. The monoisotopic (exact) mass is 422 g/mol. The van der Waals surface area contributed by atoms with Gasteiger partial charge < -0.3 is 14.2 Å². The molecule has 0 radical (unpaired) electrons. The summed E-state index contributed by atoms with van der Waals surface area (Å²) in [6, 6.07) is 0. The van der Waals surface area contributed by atoms with Crippen LogP contribution in [0.3, 0.4) is 0 Å². The molecule has 0 unspecified atom stereocenters. The Morgan fingerprint density at radius 2 is 1.62 bits per heavy atom. The van der Waals surface area contributed by atoms with Crippen molar-refractivity contribution in [2.75, 3.05) is 19.8 Å². The van der Waals surface area contributed by atoms with Gasteiger partial charge in [0.15, 0.2) is 0 Å². The third-order valence-corrected chi connectivity index (χ3v) is 5.68. The summed E-state index contributed by atoms with van der Waals surface area (Å²) < 4.78 is 19.3. The van der Waals surface area contributed by atoms with Gasteiger partial charge in [0.2, 0.25) is 0 Å². The van der Waals surface area contributed by atoms with E-state index in [4.69, 9.17) is 14.2 Å². The molecule has 0 amide bonds. The lowest BCUT2D eigenvalue weighted by Crippen LogP contribution is -2.63. The van der Waals surface area contributed by atoms with Crippen LogP contribution < -0.4 is 0 Å². The van der Waals surface area contributed by atoms with Crippen LogP contribution in [0.5, 0.6) is 0 Å². The fourth-order valence-electron chi connectivity index (χ4n) is 3.93. The van der Waals surface area contributed by atoms with Crippen LogP contribution in [0.25, 0.3) is 0 Å². The van der Waals surface area contributed by atoms with E-state index in [1.165, 1.54) is 12.8 Å². The van der Waals surface area contributed by atoms with E-state index >= 15 is 0 Å². The Labute approximate surface area is 144 Å². The molecule has 0 N–H and O–H groups in total. The van der Waals surface area contributed by atoms with Gasteiger partial charge in [-0.3, -0.25) is 0 Å². The van der Waals surface area contributed by atoms with E-state index in [-0.39, 0.29) is 5.41 Å². The number of hydrogen-bond donors (Lipinski definition) is 0. The summed E-state index contributed by atoms with van der Waals surface area (Å²) >= 11 is 6.91. The van der Waals surface area contributed by atoms with Crippen LogP contribution in [0.15, 0.2) is 9.47 Å². The van der Waals surface area contributed by atoms with Gasteiger partial charge >= 0.3 is 0 Å². The van der Waals surface area contributed by atoms with Crippen molar-refractivity contribution in [1.29, 1.82) is 0 Å². The maximum atomic E-state index is 6.10. The number of ether oxygens (including phenoxy) is 3. The van der Waals surface area contributed by atoms with Crippen molar-refractivity contribution in [3.05, 3.63) is 9.47 Å². The summed E-state index contributed by atoms with van der Waals surface area (Å²) in [5, 5.41) is 0. The van der Waals surface area contributed by atoms with E-state index in [0.717, 1.165) is 48.9 Å². The van der Waals surface area contributed by atoms with Crippen LogP contribution in [0.1, 0.15) is 45.4 Å². The minimum Gasteiger partial charge on any atom is -0.326 e. The first kappa shape index (κ1) is 16.4. The van der Waals surface area contributed by atoms with E-state index in [1.54, 1.807) is 0 Å². The molecule has 4 aliphatic rings. The van der Waals surface area contributed by atoms with Gasteiger partial charge in [-0.15, -0.1) is 0 Å². The molecular weight excluding hydrogens is 400 g/mol. The van der Waals surface area contributed by atoms with Gasteiger partial charge in [-0.25, -0.2) is 0 Å². The van der Waals surface area contributed by atoms with Crippen LogP contribution in [0.4, 0.5) is 0 Å². The van der Waals surface area contributed by atoms with Crippen LogP contribution >= 0.6 is 31.9 Å². The van der Waals surface area contributed by atoms with Crippen molar-refractivity contribution in [3.63, 3.8) is 0 Å². The van der Waals surface area contributed by atoms with Crippen LogP contribution in [-0.2, 0) is 14.2 Å². The Morgan fingerprint density at radius 3 is 2.10 bits per heavy atom. The SMILES string of the molecule is CCCC12COC(C3CCC(C=C(Br)Br)CC3)(OC1)OC2. The molecule has 0 aromatic rings. The summed E-state index contributed by atoms with van der Waals surface area (Å²) in [4.78, 5) is 0. The Balaban J connectivity index is 1.59. The number of rotatable bonds is 4. The van der Waals surface area contributed by atoms with Crippen molar-refractivity contribution >= 4 is 31.9 Å². The molecular formula is C16H24Br2O3. The van der Waals surface area contributed by atoms with Crippen molar-refractivity contribution < 1.29 is 14.2 Å². The maximum Gasteiger partial charge on any atom is 0.285 e. The highest BCUT2D eigenvalue weighted by Gasteiger charge is 2.56. The molecule has 3 nitrogen and oxygen atoms in total. The molecule has 120 valence electrons. The van der Waals surface area contributed by atoms with Gasteiger partial charge in [0.1, 0.15) is 0 Å². The Morgan fingerprint density at radius 1 is 1.05 bits per heavy atom. The summed E-state index contributed by atoms with van der Waals surface area (Å²) in [5.41, 5.74) is 0.108. The molecule has 3 heterocycles. The van der Waals surface area contributed by atoms with E-state index in [2.05, 4.69) is 44.9 Å². The lowest BCUT2D eigenvalue weighted by molar-refractivity contribution is -0.488. The lowest BCUT2D eigenvalue weighted by Gasteiger charge is -2.55. The summed E-state index contributed by atoms with van der Waals surface area (Å²) in [5.74, 6) is 0.268. The lowest BCUT2D eigenvalue weighted by atomic mass is 9.78. The molecule has 2 bridgehead atoms. The van der Waals surface area contributed by atoms with E-state index < -0.39 is 5.97 Å². The van der Waals surface area contributed by atoms with Crippen molar-refractivity contribution in [1.82, 2.24) is 0 Å². The Hall–Kier alpha value is 0.580. The molecule has 0 aromatic heterocycles. The standard InChI is InChI=1S/C16H24Br2O3/c1-2-7-15-9-19-16(20-10-15,21-11-15)13-5-3-12(4-6-13)8-14(17)18/h8,12-13H,2-7,9-11H2,1H3. The van der Waals surface area contributed by atoms with E-state index in [9.17, 15) is 0 Å². The average molecular weight is 424 g/mol. The highest BCUT2D eigenvalue weighted by molar-refractivity contribution is 9.28. The molecule has 4 fully saturated rings. The normalized spacial score (nSPS) is 42.8. The van der Waals surface area contributed by atoms with E-state index in [0.29, 0.717) is 11.8 Å². The van der Waals surface area contributed by atoms with E-state index in [1.807, 2.05) is 0 Å². The third-order valence-electron chi connectivity index (χ3n) is 5.15. The largest absolute Gasteiger partial charge is 0.326 e. The smallest absolute Gasteiger partial charge is 0.285 e. The first-order valence-electron chi connectivity index (χ1n) is 8.02. The molecule has 0 aromatic carbocycles. The van der Waals surface area contributed by atoms with Crippen LogP contribution in [0.2, 0.25) is 0 Å². The first-order valence-corrected chi connectivity index (χ1v) is 9.61. The third kappa shape index (κ3) is 3.42. The summed E-state index contributed by atoms with van der Waals surface area (Å²) in [6.07, 6.45) is 9.09. The zero-order valence-corrected chi connectivity index (χ0v) is 15.7. The highest BCUT2D eigenvalue weighted by atomic mass is 79.9. The zero-order valence-electron chi connectivity index (χ0n) is 12.6. The molecule has 3 aliphatic heterocycles. The fraction of sp³-hybridized carbons (Fsp3) is 0.875. The second-order valence-electron chi connectivity index (χ2n) is 6.79. The second kappa shape index (κ2) is 6.60. The van der Waals surface area contributed by atoms with Gasteiger partial charge in [0, 0.05) is 11.3 Å². The Bertz CT molecular complexity index is 374. The molecule has 0 spiro atoms. The zero-order chi connectivity index (χ0) is 14.9. The highest BCUT2D eigenvalue weighted by Crippen LogP contribution is 2.48. The van der Waals surface area contributed by atoms with Gasteiger partial charge in [-0.2, -0.15) is 0 Å². The predicted octanol–water partition coefficient (Wildman–Crippen LogP) is 4.94. The van der Waals surface area contributed by atoms with Gasteiger partial charge in [-0.05, 0) is 69.9 Å². The van der Waals surface area contributed by atoms with Crippen molar-refractivity contribution in [2.24, 2.45) is 17.3 Å². The molecule has 4 rings (SSSR count). The molecule has 3 saturated heterocycles. The number of allylic oxidation sites excluding steroid dienone is 1. The summed E-state index contributed by atoms with van der Waals surface area (Å²) in [7, 11) is 0. The van der Waals surface area contributed by atoms with Gasteiger partial charge in [0.05, 0.1) is 23.2 Å². The maximum absolute atomic E-state index is 6.10. The molecule has 1 saturated carbocycles. The molecule has 1 aliphatic carbocycles. The van der Waals surface area contributed by atoms with Crippen molar-refractivity contribution in [2.45, 2.75) is 51.4 Å². The Kier molecular flexibility index (Phi) is 5.16. The topological polar surface area (TPSA) is 27.7 Å². The summed E-state index contributed by atoms with van der Waals surface area (Å²) in [6.45, 7) is 4.61. The predicted molar refractivity (Wildman–Crippen MR) is 89.3 cm³/mol. The first-order chi connectivity index (χ1) is 10.1. The number of hydrogen-bond acceptors (Lipinski definition) is 3. The van der Waals surface area contributed by atoms with Crippen LogP contribution in [-0.4, -0.2) is 25.8 Å². The molecule has 5 heteroatoms. The minimum atomic E-state index is -0.740. The van der Waals surface area contributed by atoms with Gasteiger partial charge in [-0.1, -0.05) is 19.4 Å². The fourth-order valence-corrected chi connectivity index (χ4v) is 4.68. The second-order valence-corrected chi connectivity index (χ2v) is 9.56. The minimum absolute atomic E-state index is 0.108.